The molecule has 0 aliphatic rings. The summed E-state index contributed by atoms with van der Waals surface area (Å²) in [6.07, 6.45) is -4.51. The number of halogens is 3. The second-order valence-corrected chi connectivity index (χ2v) is 9.43. The molecular formula is C32H26F3NO7. The van der Waals surface area contributed by atoms with E-state index in [1.54, 1.807) is 30.3 Å². The van der Waals surface area contributed by atoms with Crippen molar-refractivity contribution in [1.82, 2.24) is 5.32 Å². The average molecular weight is 594 g/mol. The van der Waals surface area contributed by atoms with E-state index in [-0.39, 0.29) is 22.5 Å². The van der Waals surface area contributed by atoms with Gasteiger partial charge in [0.05, 0.1) is 19.6 Å². The molecule has 0 fully saturated rings. The highest BCUT2D eigenvalue weighted by Gasteiger charge is 2.40. The van der Waals surface area contributed by atoms with Crippen molar-refractivity contribution < 1.29 is 41.3 Å². The number of nitrogens with one attached hydrogen (secondary N) is 1. The number of methoxy groups -OCH3 is 2. The second kappa shape index (κ2) is 12.4. The quantitative estimate of drug-likeness (QED) is 0.197. The number of hydrogen-bond donors (Lipinski definition) is 1. The van der Waals surface area contributed by atoms with Gasteiger partial charge >= 0.3 is 6.18 Å². The van der Waals surface area contributed by atoms with E-state index in [9.17, 15) is 22.8 Å². The maximum atomic E-state index is 14.0. The highest BCUT2D eigenvalue weighted by atomic mass is 19.4. The maximum absolute atomic E-state index is 14.0. The maximum Gasteiger partial charge on any atom is 0.453 e. The van der Waals surface area contributed by atoms with Crippen LogP contribution in [0.3, 0.4) is 0 Å². The summed E-state index contributed by atoms with van der Waals surface area (Å²) in [5.74, 6) is -1.75. The van der Waals surface area contributed by atoms with Crippen LogP contribution >= 0.6 is 0 Å². The fourth-order valence-electron chi connectivity index (χ4n) is 4.46. The summed E-state index contributed by atoms with van der Waals surface area (Å²) in [6.45, 7) is -0.101. The Bertz CT molecular complexity index is 1850. The van der Waals surface area contributed by atoms with E-state index >= 15 is 0 Å². The molecule has 4 aromatic carbocycles. The molecule has 0 radical (unpaired) electrons. The molecule has 0 bridgehead atoms. The molecular weight excluding hydrogens is 567 g/mol. The van der Waals surface area contributed by atoms with Crippen LogP contribution in [0.25, 0.3) is 21.7 Å². The first-order valence-electron chi connectivity index (χ1n) is 13.1. The van der Waals surface area contributed by atoms with E-state index in [4.69, 9.17) is 23.4 Å². The van der Waals surface area contributed by atoms with Crippen molar-refractivity contribution in [2.45, 2.75) is 12.6 Å². The number of carbonyl (C=O) groups is 1. The predicted molar refractivity (Wildman–Crippen MR) is 153 cm³/mol. The van der Waals surface area contributed by atoms with E-state index in [1.807, 2.05) is 18.2 Å². The lowest BCUT2D eigenvalue weighted by atomic mass is 10.1. The zero-order chi connectivity index (χ0) is 30.6. The highest BCUT2D eigenvalue weighted by molar-refractivity contribution is 5.84. The molecule has 222 valence electrons. The lowest BCUT2D eigenvalue weighted by molar-refractivity contribution is -0.154. The van der Waals surface area contributed by atoms with Crippen LogP contribution in [0.4, 0.5) is 13.2 Å². The van der Waals surface area contributed by atoms with Crippen LogP contribution in [0.15, 0.2) is 88.1 Å². The van der Waals surface area contributed by atoms with Gasteiger partial charge in [-0.1, -0.05) is 36.4 Å². The minimum Gasteiger partial charge on any atom is -0.493 e. The number of ether oxygens (including phenoxy) is 4. The molecule has 0 saturated heterocycles. The molecule has 5 rings (SSSR count). The van der Waals surface area contributed by atoms with Crippen molar-refractivity contribution >= 4 is 27.6 Å². The minimum absolute atomic E-state index is 0.0435. The largest absolute Gasteiger partial charge is 0.493 e. The molecule has 1 heterocycles. The van der Waals surface area contributed by atoms with Gasteiger partial charge in [0.1, 0.15) is 17.1 Å². The molecule has 1 aromatic heterocycles. The van der Waals surface area contributed by atoms with Crippen molar-refractivity contribution in [2.75, 3.05) is 27.4 Å². The highest BCUT2D eigenvalue weighted by Crippen LogP contribution is 2.39. The second-order valence-electron chi connectivity index (χ2n) is 9.43. The number of alkyl halides is 3. The zero-order valence-corrected chi connectivity index (χ0v) is 23.1. The van der Waals surface area contributed by atoms with Gasteiger partial charge in [-0.25, -0.2) is 0 Å². The van der Waals surface area contributed by atoms with Crippen molar-refractivity contribution in [3.63, 3.8) is 0 Å². The lowest BCUT2D eigenvalue weighted by Crippen LogP contribution is -2.30. The molecule has 0 aliphatic heterocycles. The van der Waals surface area contributed by atoms with Crippen LogP contribution in [0, 0.1) is 0 Å². The van der Waals surface area contributed by atoms with Gasteiger partial charge < -0.3 is 28.7 Å². The number of benzene rings is 4. The molecule has 0 spiro atoms. The minimum atomic E-state index is -5.02. The third-order valence-corrected chi connectivity index (χ3v) is 6.57. The number of fused-ring (bicyclic) bond motifs is 2. The first kappa shape index (κ1) is 29.3. The number of amides is 1. The summed E-state index contributed by atoms with van der Waals surface area (Å²) < 4.78 is 68.5. The Balaban J connectivity index is 1.29. The summed E-state index contributed by atoms with van der Waals surface area (Å²) in [4.78, 5) is 25.5. The molecule has 1 N–H and O–H groups in total. The fourth-order valence-corrected chi connectivity index (χ4v) is 4.46. The van der Waals surface area contributed by atoms with Gasteiger partial charge in [-0.15, -0.1) is 0 Å². The predicted octanol–water partition coefficient (Wildman–Crippen LogP) is 6.51. The van der Waals surface area contributed by atoms with Crippen LogP contribution in [-0.4, -0.2) is 33.3 Å². The van der Waals surface area contributed by atoms with Crippen LogP contribution < -0.4 is 29.7 Å². The monoisotopic (exact) mass is 593 g/mol. The molecule has 0 unspecified atom stereocenters. The zero-order valence-electron chi connectivity index (χ0n) is 23.1. The van der Waals surface area contributed by atoms with Crippen LogP contribution in [0.5, 0.6) is 28.7 Å². The van der Waals surface area contributed by atoms with Gasteiger partial charge in [0.15, 0.2) is 18.1 Å². The standard InChI is InChI=1S/C32H26F3NO7/c1-39-25-12-7-19(15-27(25)40-2)13-14-36-28(37)18-41-22-10-11-24-26(17-22)43-31(32(33,34)35)30(29(24)38)42-23-9-8-20-5-3-4-6-21(20)16-23/h3-12,15-17H,13-14,18H2,1-2H3,(H,36,37). The Hall–Kier alpha value is -5.19. The van der Waals surface area contributed by atoms with Crippen LogP contribution in [0.2, 0.25) is 0 Å². The third-order valence-electron chi connectivity index (χ3n) is 6.57. The van der Waals surface area contributed by atoms with Gasteiger partial charge in [-0.05, 0) is 59.2 Å². The number of carbonyl (C=O) groups excluding carboxylic acids is 1. The van der Waals surface area contributed by atoms with E-state index in [2.05, 4.69) is 5.32 Å². The fraction of sp³-hybridized carbons (Fsp3) is 0.188. The first-order chi connectivity index (χ1) is 20.7. The van der Waals surface area contributed by atoms with Gasteiger partial charge in [0.25, 0.3) is 11.7 Å². The van der Waals surface area contributed by atoms with Crippen LogP contribution in [-0.2, 0) is 17.4 Å². The van der Waals surface area contributed by atoms with Gasteiger partial charge in [-0.2, -0.15) is 13.2 Å². The Labute approximate surface area is 243 Å². The van der Waals surface area contributed by atoms with Gasteiger partial charge in [0.2, 0.25) is 11.2 Å². The Morgan fingerprint density at radius 2 is 1.60 bits per heavy atom. The summed E-state index contributed by atoms with van der Waals surface area (Å²) in [5, 5.41) is 4.15. The molecule has 43 heavy (non-hydrogen) atoms. The smallest absolute Gasteiger partial charge is 0.453 e. The average Bonchev–Trinajstić information content (AvgIpc) is 3.00. The Morgan fingerprint density at radius 3 is 2.35 bits per heavy atom. The number of hydrogen-bond acceptors (Lipinski definition) is 7. The van der Waals surface area contributed by atoms with Crippen molar-refractivity contribution in [2.24, 2.45) is 0 Å². The van der Waals surface area contributed by atoms with Gasteiger partial charge in [-0.3, -0.25) is 9.59 Å². The Kier molecular flexibility index (Phi) is 8.42. The third kappa shape index (κ3) is 6.66. The molecule has 5 aromatic rings. The summed E-state index contributed by atoms with van der Waals surface area (Å²) in [5.41, 5.74) is -0.455. The number of rotatable bonds is 10. The van der Waals surface area contributed by atoms with Crippen molar-refractivity contribution in [3.8, 4) is 28.7 Å². The van der Waals surface area contributed by atoms with E-state index in [1.165, 1.54) is 38.5 Å². The first-order valence-corrected chi connectivity index (χ1v) is 13.1. The normalized spacial score (nSPS) is 11.4. The van der Waals surface area contributed by atoms with Crippen molar-refractivity contribution in [1.29, 1.82) is 0 Å². The molecule has 0 atom stereocenters. The van der Waals surface area contributed by atoms with E-state index < -0.39 is 35.6 Å². The van der Waals surface area contributed by atoms with E-state index in [0.717, 1.165) is 22.4 Å². The van der Waals surface area contributed by atoms with Gasteiger partial charge in [0, 0.05) is 12.6 Å². The SMILES string of the molecule is COc1ccc(CCNC(=O)COc2ccc3c(=O)c(Oc4ccc5ccccc5c4)c(C(F)(F)F)oc3c2)cc1OC. The summed E-state index contributed by atoms with van der Waals surface area (Å²) >= 11 is 0. The molecule has 0 aliphatic carbocycles. The summed E-state index contributed by atoms with van der Waals surface area (Å²) in [6, 6.07) is 21.1. The van der Waals surface area contributed by atoms with E-state index in [0.29, 0.717) is 24.5 Å². The topological polar surface area (TPSA) is 96.2 Å². The Morgan fingerprint density at radius 1 is 0.860 bits per heavy atom. The van der Waals surface area contributed by atoms with Crippen LogP contribution in [0.1, 0.15) is 11.3 Å². The lowest BCUT2D eigenvalue weighted by Gasteiger charge is -2.14. The molecule has 8 nitrogen and oxygen atoms in total. The van der Waals surface area contributed by atoms with Crippen molar-refractivity contribution in [3.05, 3.63) is 100 Å². The summed E-state index contributed by atoms with van der Waals surface area (Å²) in [7, 11) is 3.07. The molecule has 1 amide bonds. The molecule has 11 heteroatoms. The molecule has 0 saturated carbocycles.